The van der Waals surface area contributed by atoms with Crippen LogP contribution in [0.4, 0.5) is 0 Å². The number of aromatic amines is 1. The first-order valence-electron chi connectivity index (χ1n) is 8.99. The Morgan fingerprint density at radius 2 is 2.15 bits per heavy atom. The molecule has 1 amide bonds. The van der Waals surface area contributed by atoms with E-state index in [0.29, 0.717) is 25.4 Å². The number of rotatable bonds is 4. The summed E-state index contributed by atoms with van der Waals surface area (Å²) in [6.07, 6.45) is 1.43. The molecule has 2 heterocycles. The zero-order chi connectivity index (χ0) is 18.6. The van der Waals surface area contributed by atoms with Crippen molar-refractivity contribution in [3.8, 4) is 17.1 Å². The van der Waals surface area contributed by atoms with Gasteiger partial charge in [0.25, 0.3) is 0 Å². The van der Waals surface area contributed by atoms with Crippen LogP contribution in [-0.2, 0) is 17.8 Å². The fourth-order valence-electron chi connectivity index (χ4n) is 3.46. The predicted octanol–water partition coefficient (Wildman–Crippen LogP) is 2.47. The van der Waals surface area contributed by atoms with Gasteiger partial charge in [-0.05, 0) is 41.3 Å². The van der Waals surface area contributed by atoms with Gasteiger partial charge in [0.1, 0.15) is 5.75 Å². The van der Waals surface area contributed by atoms with Gasteiger partial charge in [-0.1, -0.05) is 36.4 Å². The summed E-state index contributed by atoms with van der Waals surface area (Å²) in [5.41, 5.74) is 3.00. The molecule has 1 N–H and O–H groups in total. The number of para-hydroxylation sites is 1. The van der Waals surface area contributed by atoms with Gasteiger partial charge in [-0.2, -0.15) is 5.21 Å². The molecule has 0 radical (unpaired) electrons. The highest BCUT2D eigenvalue weighted by molar-refractivity contribution is 5.79. The van der Waals surface area contributed by atoms with Gasteiger partial charge in [0.15, 0.2) is 0 Å². The Labute approximate surface area is 157 Å². The molecule has 4 rings (SSSR count). The summed E-state index contributed by atoms with van der Waals surface area (Å²) in [7, 11) is 1.85. The molecule has 138 valence electrons. The molecule has 0 saturated heterocycles. The van der Waals surface area contributed by atoms with E-state index in [1.165, 1.54) is 0 Å². The molecule has 0 saturated carbocycles. The van der Waals surface area contributed by atoms with Crippen molar-refractivity contribution >= 4 is 5.91 Å². The molecule has 0 aliphatic carbocycles. The number of ether oxygens (including phenoxy) is 1. The Bertz CT molecular complexity index is 926. The monoisotopic (exact) mass is 363 g/mol. The zero-order valence-electron chi connectivity index (χ0n) is 15.1. The Morgan fingerprint density at radius 3 is 3.00 bits per heavy atom. The minimum atomic E-state index is -0.0703. The number of hydrogen-bond donors (Lipinski definition) is 1. The molecule has 1 aliphatic heterocycles. The van der Waals surface area contributed by atoms with Gasteiger partial charge in [-0.15, -0.1) is 10.2 Å². The molecule has 1 aromatic heterocycles. The van der Waals surface area contributed by atoms with E-state index in [9.17, 15) is 4.79 Å². The molecule has 2 aromatic carbocycles. The Morgan fingerprint density at radius 1 is 1.26 bits per heavy atom. The van der Waals surface area contributed by atoms with Gasteiger partial charge < -0.3 is 9.64 Å². The molecular formula is C20H21N5O2. The van der Waals surface area contributed by atoms with Crippen LogP contribution in [0.5, 0.6) is 5.75 Å². The molecule has 1 atom stereocenters. The summed E-state index contributed by atoms with van der Waals surface area (Å²) in [6.45, 7) is 1.10. The molecule has 7 heteroatoms. The van der Waals surface area contributed by atoms with Gasteiger partial charge in [0.05, 0.1) is 6.61 Å². The highest BCUT2D eigenvalue weighted by atomic mass is 16.5. The summed E-state index contributed by atoms with van der Waals surface area (Å²) in [6, 6.07) is 15.8. The summed E-state index contributed by atoms with van der Waals surface area (Å²) in [4.78, 5) is 14.8. The van der Waals surface area contributed by atoms with Crippen molar-refractivity contribution in [1.29, 1.82) is 0 Å². The Hall–Kier alpha value is -3.22. The first kappa shape index (κ1) is 17.2. The van der Waals surface area contributed by atoms with Gasteiger partial charge in [0, 0.05) is 25.1 Å². The predicted molar refractivity (Wildman–Crippen MR) is 99.8 cm³/mol. The lowest BCUT2D eigenvalue weighted by molar-refractivity contribution is -0.135. The molecule has 27 heavy (non-hydrogen) atoms. The van der Waals surface area contributed by atoms with Crippen molar-refractivity contribution in [2.45, 2.75) is 19.4 Å². The smallest absolute Gasteiger partial charge is 0.226 e. The number of H-pyrrole nitrogens is 1. The number of carbonyl (C=O) groups is 1. The summed E-state index contributed by atoms with van der Waals surface area (Å²) in [5, 5.41) is 14.1. The lowest BCUT2D eigenvalue weighted by Crippen LogP contribution is -2.33. The zero-order valence-corrected chi connectivity index (χ0v) is 15.1. The average molecular weight is 363 g/mol. The highest BCUT2D eigenvalue weighted by Gasteiger charge is 2.26. The lowest BCUT2D eigenvalue weighted by atomic mass is 9.95. The molecule has 3 aromatic rings. The maximum atomic E-state index is 13.0. The van der Waals surface area contributed by atoms with Crippen LogP contribution >= 0.6 is 0 Å². The van der Waals surface area contributed by atoms with E-state index in [1.54, 1.807) is 4.90 Å². The number of nitrogens with one attached hydrogen (secondary N) is 1. The summed E-state index contributed by atoms with van der Waals surface area (Å²) >= 11 is 0. The molecule has 0 fully saturated rings. The Kier molecular flexibility index (Phi) is 4.82. The van der Waals surface area contributed by atoms with Crippen LogP contribution in [0.3, 0.4) is 0 Å². The maximum Gasteiger partial charge on any atom is 0.226 e. The number of hydrogen-bond acceptors (Lipinski definition) is 5. The second-order valence-corrected chi connectivity index (χ2v) is 6.78. The fourth-order valence-corrected chi connectivity index (χ4v) is 3.46. The van der Waals surface area contributed by atoms with Crippen LogP contribution in [0.25, 0.3) is 11.4 Å². The Balaban J connectivity index is 1.46. The largest absolute Gasteiger partial charge is 0.493 e. The van der Waals surface area contributed by atoms with Gasteiger partial charge >= 0.3 is 0 Å². The van der Waals surface area contributed by atoms with E-state index in [-0.39, 0.29) is 11.8 Å². The number of aromatic nitrogens is 4. The van der Waals surface area contributed by atoms with Gasteiger partial charge in [0.2, 0.25) is 11.7 Å². The molecular weight excluding hydrogens is 342 g/mol. The minimum Gasteiger partial charge on any atom is -0.493 e. The third-order valence-electron chi connectivity index (χ3n) is 4.84. The van der Waals surface area contributed by atoms with Crippen molar-refractivity contribution in [3.05, 3.63) is 59.7 Å². The van der Waals surface area contributed by atoms with Crippen molar-refractivity contribution < 1.29 is 9.53 Å². The fraction of sp³-hybridized carbons (Fsp3) is 0.300. The number of carbonyl (C=O) groups excluding carboxylic acids is 1. The lowest BCUT2D eigenvalue weighted by Gasteiger charge is -2.23. The highest BCUT2D eigenvalue weighted by Crippen LogP contribution is 2.27. The second-order valence-electron chi connectivity index (χ2n) is 6.78. The van der Waals surface area contributed by atoms with Crippen molar-refractivity contribution in [1.82, 2.24) is 25.5 Å². The quantitative estimate of drug-likeness (QED) is 0.770. The SMILES string of the molecule is CN(Cc1cccc(-c2nn[nH]n2)c1)C(=O)[C@H]1CCOc2ccccc2C1. The number of tetrazole rings is 1. The number of amides is 1. The molecule has 0 unspecified atom stereocenters. The number of benzene rings is 2. The summed E-state index contributed by atoms with van der Waals surface area (Å²) < 4.78 is 5.79. The average Bonchev–Trinajstić information content (AvgIpc) is 3.14. The molecule has 7 nitrogen and oxygen atoms in total. The first-order chi connectivity index (χ1) is 13.2. The second kappa shape index (κ2) is 7.57. The maximum absolute atomic E-state index is 13.0. The topological polar surface area (TPSA) is 84.0 Å². The van der Waals surface area contributed by atoms with Crippen LogP contribution in [0, 0.1) is 5.92 Å². The van der Waals surface area contributed by atoms with Crippen molar-refractivity contribution in [2.75, 3.05) is 13.7 Å². The first-order valence-corrected chi connectivity index (χ1v) is 8.99. The molecule has 1 aliphatic rings. The summed E-state index contributed by atoms with van der Waals surface area (Å²) in [5.74, 6) is 1.51. The van der Waals surface area contributed by atoms with E-state index in [4.69, 9.17) is 4.74 Å². The van der Waals surface area contributed by atoms with E-state index >= 15 is 0 Å². The standard InChI is InChI=1S/C20H21N5O2/c1-25(13-14-5-4-7-16(11-14)19-21-23-24-22-19)20(26)17-9-10-27-18-8-3-2-6-15(18)12-17/h2-8,11,17H,9-10,12-13H2,1H3,(H,21,22,23,24)/t17-/m0/s1. The van der Waals surface area contributed by atoms with Crippen LogP contribution in [0.15, 0.2) is 48.5 Å². The third-order valence-corrected chi connectivity index (χ3v) is 4.84. The van der Waals surface area contributed by atoms with E-state index in [0.717, 1.165) is 28.9 Å². The molecule has 0 spiro atoms. The van der Waals surface area contributed by atoms with E-state index in [1.807, 2.05) is 55.6 Å². The van der Waals surface area contributed by atoms with Gasteiger partial charge in [-0.25, -0.2) is 0 Å². The number of fused-ring (bicyclic) bond motifs is 1. The minimum absolute atomic E-state index is 0.0703. The normalized spacial score (nSPS) is 16.1. The number of nitrogens with zero attached hydrogens (tertiary/aromatic N) is 4. The van der Waals surface area contributed by atoms with Crippen molar-refractivity contribution in [2.24, 2.45) is 5.92 Å². The van der Waals surface area contributed by atoms with E-state index < -0.39 is 0 Å². The van der Waals surface area contributed by atoms with Gasteiger partial charge in [-0.3, -0.25) is 4.79 Å². The van der Waals surface area contributed by atoms with Crippen molar-refractivity contribution in [3.63, 3.8) is 0 Å². The third kappa shape index (κ3) is 3.81. The molecule has 0 bridgehead atoms. The van der Waals surface area contributed by atoms with Crippen LogP contribution in [0.2, 0.25) is 0 Å². The van der Waals surface area contributed by atoms with Crippen LogP contribution in [-0.4, -0.2) is 45.1 Å². The van der Waals surface area contributed by atoms with Crippen LogP contribution < -0.4 is 4.74 Å². The van der Waals surface area contributed by atoms with Crippen LogP contribution in [0.1, 0.15) is 17.5 Å². The van der Waals surface area contributed by atoms with E-state index in [2.05, 4.69) is 20.6 Å².